The van der Waals surface area contributed by atoms with Crippen molar-refractivity contribution in [1.82, 2.24) is 9.55 Å². The first kappa shape index (κ1) is 20.3. The fraction of sp³-hybridized carbons (Fsp3) is 0.182. The number of amides is 1. The summed E-state index contributed by atoms with van der Waals surface area (Å²) in [6.07, 6.45) is 0. The zero-order chi connectivity index (χ0) is 21.3. The Morgan fingerprint density at radius 3 is 2.83 bits per heavy atom. The van der Waals surface area contributed by atoms with Gasteiger partial charge in [0, 0.05) is 16.6 Å². The van der Waals surface area contributed by atoms with Crippen molar-refractivity contribution in [2.45, 2.75) is 20.4 Å². The molecule has 2 aromatic carbocycles. The van der Waals surface area contributed by atoms with Gasteiger partial charge in [-0.25, -0.2) is 0 Å². The Bertz CT molecular complexity index is 1360. The van der Waals surface area contributed by atoms with Crippen LogP contribution in [0.5, 0.6) is 0 Å². The molecule has 30 heavy (non-hydrogen) atoms. The standard InChI is InChI=1S/C22H18ClN3O3S/c1-3-29-19(27)12-26-20-16(23)5-4-6-18(20)30-22(26)25-21(28)15-9-10-17-14(11-15)8-7-13(2)24-17/h4-11H,3,12H2,1-2H3. The minimum absolute atomic E-state index is 0.0788. The zero-order valence-corrected chi connectivity index (χ0v) is 18.0. The van der Waals surface area contributed by atoms with Crippen molar-refractivity contribution in [2.75, 3.05) is 6.61 Å². The number of aromatic nitrogens is 2. The first-order chi connectivity index (χ1) is 14.5. The van der Waals surface area contributed by atoms with E-state index in [2.05, 4.69) is 9.98 Å². The first-order valence-electron chi connectivity index (χ1n) is 9.36. The number of pyridine rings is 1. The van der Waals surface area contributed by atoms with E-state index in [0.717, 1.165) is 21.3 Å². The molecule has 152 valence electrons. The number of nitrogens with zero attached hydrogens (tertiary/aromatic N) is 3. The quantitative estimate of drug-likeness (QED) is 0.438. The van der Waals surface area contributed by atoms with Crippen LogP contribution in [0, 0.1) is 6.92 Å². The molecule has 0 aliphatic carbocycles. The van der Waals surface area contributed by atoms with Crippen LogP contribution in [0.4, 0.5) is 0 Å². The normalized spacial score (nSPS) is 11.9. The fourth-order valence-corrected chi connectivity index (χ4v) is 4.55. The van der Waals surface area contributed by atoms with E-state index in [1.807, 2.05) is 31.2 Å². The predicted octanol–water partition coefficient (Wildman–Crippen LogP) is 4.52. The van der Waals surface area contributed by atoms with Crippen molar-refractivity contribution in [2.24, 2.45) is 4.99 Å². The molecule has 0 saturated carbocycles. The van der Waals surface area contributed by atoms with Crippen molar-refractivity contribution in [1.29, 1.82) is 0 Å². The topological polar surface area (TPSA) is 73.6 Å². The maximum absolute atomic E-state index is 12.9. The van der Waals surface area contributed by atoms with E-state index in [4.69, 9.17) is 16.3 Å². The molecule has 0 unspecified atom stereocenters. The van der Waals surface area contributed by atoms with Gasteiger partial charge >= 0.3 is 5.97 Å². The number of carbonyl (C=O) groups excluding carboxylic acids is 2. The molecule has 8 heteroatoms. The highest BCUT2D eigenvalue weighted by atomic mass is 35.5. The number of para-hydroxylation sites is 1. The third kappa shape index (κ3) is 3.99. The van der Waals surface area contributed by atoms with Gasteiger partial charge in [0.2, 0.25) is 0 Å². The Morgan fingerprint density at radius 2 is 2.03 bits per heavy atom. The smallest absolute Gasteiger partial charge is 0.326 e. The van der Waals surface area contributed by atoms with Crippen molar-refractivity contribution in [3.8, 4) is 0 Å². The van der Waals surface area contributed by atoms with Gasteiger partial charge in [-0.15, -0.1) is 0 Å². The lowest BCUT2D eigenvalue weighted by Gasteiger charge is -2.06. The summed E-state index contributed by atoms with van der Waals surface area (Å²) in [4.78, 5) is 34.2. The molecule has 0 aliphatic rings. The minimum atomic E-state index is -0.418. The number of ether oxygens (including phenoxy) is 1. The van der Waals surface area contributed by atoms with Gasteiger partial charge in [0.15, 0.2) is 4.80 Å². The van der Waals surface area contributed by atoms with Crippen LogP contribution in [0.2, 0.25) is 5.02 Å². The molecule has 1 amide bonds. The van der Waals surface area contributed by atoms with Gasteiger partial charge in [-0.1, -0.05) is 35.1 Å². The van der Waals surface area contributed by atoms with Crippen LogP contribution in [0.25, 0.3) is 21.1 Å². The van der Waals surface area contributed by atoms with Crippen molar-refractivity contribution >= 4 is 55.9 Å². The number of fused-ring (bicyclic) bond motifs is 2. The predicted molar refractivity (Wildman–Crippen MR) is 118 cm³/mol. The number of benzene rings is 2. The fourth-order valence-electron chi connectivity index (χ4n) is 3.17. The second kappa shape index (κ2) is 8.38. The third-order valence-electron chi connectivity index (χ3n) is 4.52. The summed E-state index contributed by atoms with van der Waals surface area (Å²) in [5.41, 5.74) is 2.83. The van der Waals surface area contributed by atoms with E-state index in [-0.39, 0.29) is 13.2 Å². The van der Waals surface area contributed by atoms with Gasteiger partial charge in [-0.05, 0) is 50.2 Å². The molecular weight excluding hydrogens is 422 g/mol. The summed E-state index contributed by atoms with van der Waals surface area (Å²) >= 11 is 7.67. The number of rotatable bonds is 4. The van der Waals surface area contributed by atoms with Gasteiger partial charge < -0.3 is 9.30 Å². The van der Waals surface area contributed by atoms with Gasteiger partial charge in [0.05, 0.1) is 27.4 Å². The molecular formula is C22H18ClN3O3S. The van der Waals surface area contributed by atoms with Crippen molar-refractivity contribution in [3.63, 3.8) is 0 Å². The van der Waals surface area contributed by atoms with Crippen LogP contribution in [0.15, 0.2) is 53.5 Å². The van der Waals surface area contributed by atoms with E-state index in [0.29, 0.717) is 20.9 Å². The molecule has 2 heterocycles. The van der Waals surface area contributed by atoms with E-state index in [1.165, 1.54) is 11.3 Å². The molecule has 0 radical (unpaired) electrons. The summed E-state index contributed by atoms with van der Waals surface area (Å²) in [5.74, 6) is -0.823. The number of carbonyl (C=O) groups is 2. The number of thiazole rings is 1. The summed E-state index contributed by atoms with van der Waals surface area (Å²) in [6, 6.07) is 14.5. The van der Waals surface area contributed by atoms with Gasteiger partial charge in [-0.2, -0.15) is 4.99 Å². The van der Waals surface area contributed by atoms with E-state index in [9.17, 15) is 9.59 Å². The Morgan fingerprint density at radius 1 is 1.20 bits per heavy atom. The molecule has 0 atom stereocenters. The van der Waals surface area contributed by atoms with Crippen LogP contribution in [-0.4, -0.2) is 28.0 Å². The Labute approximate surface area is 181 Å². The molecule has 4 rings (SSSR count). The van der Waals surface area contributed by atoms with Gasteiger partial charge in [0.25, 0.3) is 5.91 Å². The maximum Gasteiger partial charge on any atom is 0.326 e. The SMILES string of the molecule is CCOC(=O)Cn1c(=NC(=O)c2ccc3nc(C)ccc3c2)sc2cccc(Cl)c21. The number of aryl methyl sites for hydroxylation is 1. The largest absolute Gasteiger partial charge is 0.465 e. The number of esters is 1. The highest BCUT2D eigenvalue weighted by Gasteiger charge is 2.15. The van der Waals surface area contributed by atoms with Crippen LogP contribution < -0.4 is 4.80 Å². The average Bonchev–Trinajstić information content (AvgIpc) is 3.05. The number of hydrogen-bond donors (Lipinski definition) is 0. The van der Waals surface area contributed by atoms with E-state index >= 15 is 0 Å². The minimum Gasteiger partial charge on any atom is -0.465 e. The highest BCUT2D eigenvalue weighted by Crippen LogP contribution is 2.25. The number of hydrogen-bond acceptors (Lipinski definition) is 5. The van der Waals surface area contributed by atoms with Gasteiger partial charge in [0.1, 0.15) is 6.54 Å². The molecule has 0 spiro atoms. The lowest BCUT2D eigenvalue weighted by molar-refractivity contribution is -0.143. The van der Waals surface area contributed by atoms with Crippen molar-refractivity contribution < 1.29 is 14.3 Å². The molecule has 6 nitrogen and oxygen atoms in total. The number of halogens is 1. The monoisotopic (exact) mass is 439 g/mol. The molecule has 4 aromatic rings. The summed E-state index contributed by atoms with van der Waals surface area (Å²) in [6.45, 7) is 3.85. The molecule has 0 saturated heterocycles. The molecule has 0 fully saturated rings. The maximum atomic E-state index is 12.9. The lowest BCUT2D eigenvalue weighted by Crippen LogP contribution is -2.23. The summed E-state index contributed by atoms with van der Waals surface area (Å²) in [7, 11) is 0. The van der Waals surface area contributed by atoms with Crippen molar-refractivity contribution in [3.05, 3.63) is 69.6 Å². The second-order valence-electron chi connectivity index (χ2n) is 6.64. The molecule has 0 aliphatic heterocycles. The Hall–Kier alpha value is -3.03. The lowest BCUT2D eigenvalue weighted by atomic mass is 10.1. The highest BCUT2D eigenvalue weighted by molar-refractivity contribution is 7.16. The Balaban J connectivity index is 1.81. The Kier molecular flexibility index (Phi) is 5.65. The van der Waals surface area contributed by atoms with E-state index in [1.54, 1.807) is 35.8 Å². The molecule has 0 N–H and O–H groups in total. The summed E-state index contributed by atoms with van der Waals surface area (Å²) < 4.78 is 7.53. The third-order valence-corrected chi connectivity index (χ3v) is 5.87. The van der Waals surface area contributed by atoms with Crippen LogP contribution in [0.3, 0.4) is 0 Å². The van der Waals surface area contributed by atoms with Gasteiger partial charge in [-0.3, -0.25) is 14.6 Å². The second-order valence-corrected chi connectivity index (χ2v) is 8.06. The van der Waals surface area contributed by atoms with Crippen LogP contribution >= 0.6 is 22.9 Å². The summed E-state index contributed by atoms with van der Waals surface area (Å²) in [5, 5.41) is 1.34. The zero-order valence-electron chi connectivity index (χ0n) is 16.4. The van der Waals surface area contributed by atoms with Crippen LogP contribution in [-0.2, 0) is 16.1 Å². The molecule has 0 bridgehead atoms. The van der Waals surface area contributed by atoms with Crippen LogP contribution in [0.1, 0.15) is 23.0 Å². The average molecular weight is 440 g/mol. The van der Waals surface area contributed by atoms with E-state index < -0.39 is 11.9 Å². The molecule has 2 aromatic heterocycles. The first-order valence-corrected chi connectivity index (χ1v) is 10.6.